The zero-order chi connectivity index (χ0) is 12.9. The molecule has 1 rings (SSSR count). The lowest BCUT2D eigenvalue weighted by atomic mass is 10.2. The Labute approximate surface area is 106 Å². The topological polar surface area (TPSA) is 84.2 Å². The number of hydrogen-bond acceptors (Lipinski definition) is 4. The average molecular weight is 273 g/mol. The standard InChI is InChI=1S/C10H15N3O2S2/c1-17(14,15)13-7-6-12-9-4-2-8(3-5-9)10(11)16/h2-5,12-13H,6-7H2,1H3,(H2,11,16). The summed E-state index contributed by atoms with van der Waals surface area (Å²) < 4.78 is 24.0. The van der Waals surface area contributed by atoms with Crippen molar-refractivity contribution in [3.8, 4) is 0 Å². The molecule has 0 radical (unpaired) electrons. The maximum Gasteiger partial charge on any atom is 0.208 e. The molecule has 0 saturated heterocycles. The van der Waals surface area contributed by atoms with Crippen molar-refractivity contribution in [2.24, 2.45) is 5.73 Å². The Morgan fingerprint density at radius 2 is 1.88 bits per heavy atom. The number of rotatable bonds is 6. The van der Waals surface area contributed by atoms with E-state index in [0.717, 1.165) is 17.5 Å². The second kappa shape index (κ2) is 5.95. The van der Waals surface area contributed by atoms with E-state index in [9.17, 15) is 8.42 Å². The number of anilines is 1. The van der Waals surface area contributed by atoms with Gasteiger partial charge < -0.3 is 11.1 Å². The smallest absolute Gasteiger partial charge is 0.208 e. The van der Waals surface area contributed by atoms with Gasteiger partial charge in [-0.1, -0.05) is 12.2 Å². The third-order valence-electron chi connectivity index (χ3n) is 1.99. The quantitative estimate of drug-likeness (QED) is 0.512. The summed E-state index contributed by atoms with van der Waals surface area (Å²) in [6.07, 6.45) is 1.13. The van der Waals surface area contributed by atoms with Gasteiger partial charge in [-0.15, -0.1) is 0 Å². The Kier molecular flexibility index (Phi) is 4.86. The second-order valence-corrected chi connectivity index (χ2v) is 5.81. The van der Waals surface area contributed by atoms with Crippen LogP contribution in [0.2, 0.25) is 0 Å². The number of sulfonamides is 1. The number of hydrogen-bond donors (Lipinski definition) is 3. The highest BCUT2D eigenvalue weighted by Crippen LogP contribution is 2.08. The van der Waals surface area contributed by atoms with Crippen LogP contribution in [0, 0.1) is 0 Å². The highest BCUT2D eigenvalue weighted by atomic mass is 32.2. The maximum atomic E-state index is 10.8. The van der Waals surface area contributed by atoms with Crippen molar-refractivity contribution < 1.29 is 8.42 Å². The molecule has 5 nitrogen and oxygen atoms in total. The van der Waals surface area contributed by atoms with Crippen LogP contribution in [0.15, 0.2) is 24.3 Å². The summed E-state index contributed by atoms with van der Waals surface area (Å²) in [5.74, 6) is 0. The molecule has 7 heteroatoms. The molecule has 0 heterocycles. The largest absolute Gasteiger partial charge is 0.389 e. The molecule has 4 N–H and O–H groups in total. The summed E-state index contributed by atoms with van der Waals surface area (Å²) in [6.45, 7) is 0.857. The van der Waals surface area contributed by atoms with Crippen molar-refractivity contribution in [3.05, 3.63) is 29.8 Å². The number of nitrogens with one attached hydrogen (secondary N) is 2. The minimum Gasteiger partial charge on any atom is -0.389 e. The molecule has 0 aliphatic carbocycles. The Balaban J connectivity index is 2.40. The van der Waals surface area contributed by atoms with Gasteiger partial charge in [-0.2, -0.15) is 0 Å². The van der Waals surface area contributed by atoms with Crippen molar-refractivity contribution >= 4 is 32.9 Å². The number of benzene rings is 1. The van der Waals surface area contributed by atoms with Crippen LogP contribution < -0.4 is 15.8 Å². The van der Waals surface area contributed by atoms with Gasteiger partial charge in [0.25, 0.3) is 0 Å². The lowest BCUT2D eigenvalue weighted by Crippen LogP contribution is -2.27. The van der Waals surface area contributed by atoms with E-state index in [1.54, 1.807) is 0 Å². The molecule has 0 aliphatic heterocycles. The normalized spacial score (nSPS) is 11.1. The third kappa shape index (κ3) is 5.62. The molecule has 1 aromatic carbocycles. The molecule has 0 saturated carbocycles. The van der Waals surface area contributed by atoms with Crippen molar-refractivity contribution in [3.63, 3.8) is 0 Å². The third-order valence-corrected chi connectivity index (χ3v) is 2.95. The van der Waals surface area contributed by atoms with E-state index >= 15 is 0 Å². The van der Waals surface area contributed by atoms with Gasteiger partial charge in [-0.25, -0.2) is 13.1 Å². The first-order valence-electron chi connectivity index (χ1n) is 4.97. The van der Waals surface area contributed by atoms with Crippen LogP contribution in [0.4, 0.5) is 5.69 Å². The van der Waals surface area contributed by atoms with Gasteiger partial charge in [0.1, 0.15) is 4.99 Å². The first kappa shape index (κ1) is 13.9. The van der Waals surface area contributed by atoms with Crippen molar-refractivity contribution in [2.75, 3.05) is 24.7 Å². The Hall–Kier alpha value is -1.18. The van der Waals surface area contributed by atoms with Crippen molar-refractivity contribution in [1.82, 2.24) is 4.72 Å². The average Bonchev–Trinajstić information content (AvgIpc) is 2.24. The van der Waals surface area contributed by atoms with Crippen LogP contribution in [0.25, 0.3) is 0 Å². The van der Waals surface area contributed by atoms with Gasteiger partial charge in [0.2, 0.25) is 10.0 Å². The van der Waals surface area contributed by atoms with E-state index in [4.69, 9.17) is 18.0 Å². The molecule has 0 amide bonds. The SMILES string of the molecule is CS(=O)(=O)NCCNc1ccc(C(N)=S)cc1. The summed E-state index contributed by atoms with van der Waals surface area (Å²) >= 11 is 4.83. The van der Waals surface area contributed by atoms with Crippen molar-refractivity contribution in [2.45, 2.75) is 0 Å². The van der Waals surface area contributed by atoms with E-state index in [0.29, 0.717) is 18.1 Å². The van der Waals surface area contributed by atoms with Crippen LogP contribution >= 0.6 is 12.2 Å². The molecular weight excluding hydrogens is 258 g/mol. The maximum absolute atomic E-state index is 10.8. The summed E-state index contributed by atoms with van der Waals surface area (Å²) in [7, 11) is -3.12. The predicted octanol–water partition coefficient (Wildman–Crippen LogP) is 0.282. The molecule has 0 aliphatic rings. The molecule has 0 bridgehead atoms. The predicted molar refractivity (Wildman–Crippen MR) is 73.7 cm³/mol. The fourth-order valence-electron chi connectivity index (χ4n) is 1.20. The summed E-state index contributed by atoms with van der Waals surface area (Å²) in [5.41, 5.74) is 7.16. The highest BCUT2D eigenvalue weighted by molar-refractivity contribution is 7.88. The van der Waals surface area contributed by atoms with Gasteiger partial charge >= 0.3 is 0 Å². The Morgan fingerprint density at radius 1 is 1.29 bits per heavy atom. The molecule has 17 heavy (non-hydrogen) atoms. The second-order valence-electron chi connectivity index (χ2n) is 3.53. The van der Waals surface area contributed by atoms with Crippen LogP contribution in [0.1, 0.15) is 5.56 Å². The Bertz CT molecular complexity index is 483. The molecule has 0 unspecified atom stereocenters. The van der Waals surface area contributed by atoms with Gasteiger partial charge in [0.05, 0.1) is 6.26 Å². The van der Waals surface area contributed by atoms with Gasteiger partial charge in [0, 0.05) is 24.3 Å². The fourth-order valence-corrected chi connectivity index (χ4v) is 1.80. The van der Waals surface area contributed by atoms with Gasteiger partial charge in [-0.3, -0.25) is 0 Å². The monoisotopic (exact) mass is 273 g/mol. The van der Waals surface area contributed by atoms with Crippen molar-refractivity contribution in [1.29, 1.82) is 0 Å². The zero-order valence-electron chi connectivity index (χ0n) is 9.43. The molecule has 94 valence electrons. The van der Waals surface area contributed by atoms with E-state index in [-0.39, 0.29) is 0 Å². The van der Waals surface area contributed by atoms with Crippen LogP contribution in [0.5, 0.6) is 0 Å². The van der Waals surface area contributed by atoms with E-state index in [2.05, 4.69) is 10.0 Å². The van der Waals surface area contributed by atoms with Crippen LogP contribution in [-0.4, -0.2) is 32.8 Å². The fraction of sp³-hybridized carbons (Fsp3) is 0.300. The summed E-state index contributed by atoms with van der Waals surface area (Å²) in [4.78, 5) is 0.357. The lowest BCUT2D eigenvalue weighted by Gasteiger charge is -2.07. The van der Waals surface area contributed by atoms with E-state index in [1.807, 2.05) is 24.3 Å². The number of thiocarbonyl (C=S) groups is 1. The minimum absolute atomic E-state index is 0.343. The van der Waals surface area contributed by atoms with Gasteiger partial charge in [0.15, 0.2) is 0 Å². The van der Waals surface area contributed by atoms with E-state index in [1.165, 1.54) is 0 Å². The summed E-state index contributed by atoms with van der Waals surface area (Å²) in [6, 6.07) is 7.31. The first-order chi connectivity index (χ1) is 7.88. The summed E-state index contributed by atoms with van der Waals surface area (Å²) in [5, 5.41) is 3.07. The molecular formula is C10H15N3O2S2. The molecule has 0 spiro atoms. The molecule has 1 aromatic rings. The van der Waals surface area contributed by atoms with Crippen LogP contribution in [0.3, 0.4) is 0 Å². The lowest BCUT2D eigenvalue weighted by molar-refractivity contribution is 0.589. The molecule has 0 atom stereocenters. The Morgan fingerprint density at radius 3 is 2.35 bits per heavy atom. The van der Waals surface area contributed by atoms with Crippen LogP contribution in [-0.2, 0) is 10.0 Å². The highest BCUT2D eigenvalue weighted by Gasteiger charge is 1.99. The zero-order valence-corrected chi connectivity index (χ0v) is 11.1. The molecule has 0 aromatic heterocycles. The van der Waals surface area contributed by atoms with E-state index < -0.39 is 10.0 Å². The van der Waals surface area contributed by atoms with Gasteiger partial charge in [-0.05, 0) is 24.3 Å². The minimum atomic E-state index is -3.12. The number of nitrogens with two attached hydrogens (primary N) is 1. The molecule has 0 fully saturated rings. The first-order valence-corrected chi connectivity index (χ1v) is 7.27.